The molecule has 24 heavy (non-hydrogen) atoms. The zero-order valence-electron chi connectivity index (χ0n) is 12.6. The van der Waals surface area contributed by atoms with Gasteiger partial charge in [0.1, 0.15) is 12.2 Å². The van der Waals surface area contributed by atoms with Crippen LogP contribution in [0.5, 0.6) is 0 Å². The highest BCUT2D eigenvalue weighted by Gasteiger charge is 2.31. The van der Waals surface area contributed by atoms with E-state index in [9.17, 15) is 4.79 Å². The molecule has 6 heteroatoms. The van der Waals surface area contributed by atoms with Crippen LogP contribution < -0.4 is 5.32 Å². The van der Waals surface area contributed by atoms with E-state index >= 15 is 0 Å². The number of aliphatic imine (C=N–C) groups is 4. The third-order valence-electron chi connectivity index (χ3n) is 3.67. The molecule has 2 aliphatic heterocycles. The van der Waals surface area contributed by atoms with Crippen molar-refractivity contribution in [2.24, 2.45) is 20.0 Å². The van der Waals surface area contributed by atoms with Crippen molar-refractivity contribution in [1.82, 2.24) is 5.32 Å². The molecule has 0 aliphatic carbocycles. The summed E-state index contributed by atoms with van der Waals surface area (Å²) in [5, 5.41) is 2.81. The van der Waals surface area contributed by atoms with E-state index in [2.05, 4.69) is 25.3 Å². The van der Waals surface area contributed by atoms with Crippen LogP contribution in [0.2, 0.25) is 0 Å². The lowest BCUT2D eigenvalue weighted by Crippen LogP contribution is -2.42. The van der Waals surface area contributed by atoms with Crippen molar-refractivity contribution in [3.05, 3.63) is 71.8 Å². The van der Waals surface area contributed by atoms with E-state index in [0.717, 1.165) is 5.56 Å². The lowest BCUT2D eigenvalue weighted by atomic mass is 10.2. The molecule has 0 bridgehead atoms. The first-order chi connectivity index (χ1) is 11.8. The van der Waals surface area contributed by atoms with Gasteiger partial charge in [-0.2, -0.15) is 0 Å². The average Bonchev–Trinajstić information content (AvgIpc) is 3.08. The number of carbonyl (C=O) groups is 1. The van der Waals surface area contributed by atoms with Gasteiger partial charge in [-0.1, -0.05) is 48.5 Å². The summed E-state index contributed by atoms with van der Waals surface area (Å²) >= 11 is 0. The largest absolute Gasteiger partial charge is 0.308 e. The summed E-state index contributed by atoms with van der Waals surface area (Å²) < 4.78 is 0. The van der Waals surface area contributed by atoms with Crippen molar-refractivity contribution in [2.45, 2.75) is 6.04 Å². The number of rotatable bonds is 2. The average molecular weight is 315 g/mol. The molecule has 116 valence electrons. The molecule has 1 unspecified atom stereocenters. The fraction of sp³-hybridized carbons (Fsp3) is 0.0556. The van der Waals surface area contributed by atoms with Gasteiger partial charge in [-0.05, 0) is 12.1 Å². The first-order valence-corrected chi connectivity index (χ1v) is 7.50. The standard InChI is InChI=1S/C18H13N5O/c24-18(13-9-5-2-6-10-13)23-17-14-16(19-11-20-17)22-15(21-14)12-7-3-1-4-8-12/h1-11,14H,(H,19,20,21,22,23,24). The first kappa shape index (κ1) is 14.2. The maximum atomic E-state index is 12.3. The van der Waals surface area contributed by atoms with Gasteiger partial charge in [-0.25, -0.2) is 20.0 Å². The molecule has 2 aromatic rings. The number of nitrogens with one attached hydrogen (secondary N) is 1. The van der Waals surface area contributed by atoms with Gasteiger partial charge < -0.3 is 5.32 Å². The van der Waals surface area contributed by atoms with Crippen LogP contribution >= 0.6 is 0 Å². The van der Waals surface area contributed by atoms with Crippen LogP contribution in [0.15, 0.2) is 80.6 Å². The van der Waals surface area contributed by atoms with E-state index in [4.69, 9.17) is 0 Å². The highest BCUT2D eigenvalue weighted by molar-refractivity contribution is 6.27. The predicted molar refractivity (Wildman–Crippen MR) is 94.0 cm³/mol. The van der Waals surface area contributed by atoms with Gasteiger partial charge in [-0.3, -0.25) is 4.79 Å². The summed E-state index contributed by atoms with van der Waals surface area (Å²) in [6.07, 6.45) is 1.39. The Balaban J connectivity index is 1.59. The molecule has 1 amide bonds. The van der Waals surface area contributed by atoms with Gasteiger partial charge in [0.25, 0.3) is 5.91 Å². The van der Waals surface area contributed by atoms with Crippen LogP contribution in [0.3, 0.4) is 0 Å². The molecule has 0 saturated carbocycles. The lowest BCUT2D eigenvalue weighted by molar-refractivity contribution is 0.0976. The molecule has 0 aromatic heterocycles. The Kier molecular flexibility index (Phi) is 3.55. The van der Waals surface area contributed by atoms with Crippen molar-refractivity contribution in [3.8, 4) is 0 Å². The number of benzene rings is 2. The van der Waals surface area contributed by atoms with Crippen molar-refractivity contribution in [3.63, 3.8) is 0 Å². The van der Waals surface area contributed by atoms with Gasteiger partial charge in [0, 0.05) is 11.1 Å². The quantitative estimate of drug-likeness (QED) is 0.905. The van der Waals surface area contributed by atoms with Crippen LogP contribution in [0.25, 0.3) is 0 Å². The van der Waals surface area contributed by atoms with Gasteiger partial charge in [0.2, 0.25) is 0 Å². The van der Waals surface area contributed by atoms with E-state index in [1.165, 1.54) is 6.34 Å². The van der Waals surface area contributed by atoms with Crippen molar-refractivity contribution in [2.75, 3.05) is 0 Å². The molecule has 0 saturated heterocycles. The summed E-state index contributed by atoms with van der Waals surface area (Å²) in [6.45, 7) is 0. The molecule has 2 aromatic carbocycles. The molecule has 2 aliphatic rings. The smallest absolute Gasteiger partial charge is 0.256 e. The molecule has 0 radical (unpaired) electrons. The monoisotopic (exact) mass is 315 g/mol. The summed E-state index contributed by atoms with van der Waals surface area (Å²) in [6, 6.07) is 18.2. The predicted octanol–water partition coefficient (Wildman–Crippen LogP) is 2.08. The third kappa shape index (κ3) is 2.65. The Bertz CT molecular complexity index is 898. The summed E-state index contributed by atoms with van der Waals surface area (Å²) in [5.74, 6) is 1.33. The van der Waals surface area contributed by atoms with Crippen LogP contribution in [-0.2, 0) is 0 Å². The maximum absolute atomic E-state index is 12.3. The highest BCUT2D eigenvalue weighted by Crippen LogP contribution is 2.16. The van der Waals surface area contributed by atoms with Crippen LogP contribution in [0, 0.1) is 0 Å². The number of fused-ring (bicyclic) bond motifs is 1. The zero-order valence-corrected chi connectivity index (χ0v) is 12.6. The van der Waals surface area contributed by atoms with Gasteiger partial charge in [0.05, 0.1) is 0 Å². The minimum atomic E-state index is -0.474. The van der Waals surface area contributed by atoms with Gasteiger partial charge in [-0.15, -0.1) is 0 Å². The number of nitrogens with zero attached hydrogens (tertiary/aromatic N) is 4. The summed E-state index contributed by atoms with van der Waals surface area (Å²) in [5.41, 5.74) is 1.47. The molecule has 2 heterocycles. The topological polar surface area (TPSA) is 78.5 Å². The van der Waals surface area contributed by atoms with Gasteiger partial charge >= 0.3 is 0 Å². The minimum Gasteiger partial charge on any atom is -0.308 e. The Labute approximate surface area is 138 Å². The van der Waals surface area contributed by atoms with Crippen molar-refractivity contribution < 1.29 is 4.79 Å². The van der Waals surface area contributed by atoms with Crippen LogP contribution in [0.1, 0.15) is 15.9 Å². The molecule has 1 atom stereocenters. The zero-order chi connectivity index (χ0) is 16.4. The van der Waals surface area contributed by atoms with E-state index < -0.39 is 6.04 Å². The normalized spacial score (nSPS) is 18.3. The van der Waals surface area contributed by atoms with E-state index in [1.54, 1.807) is 12.1 Å². The molecule has 4 rings (SSSR count). The lowest BCUT2D eigenvalue weighted by Gasteiger charge is -2.14. The second-order valence-electron chi connectivity index (χ2n) is 5.27. The maximum Gasteiger partial charge on any atom is 0.256 e. The van der Waals surface area contributed by atoms with Crippen molar-refractivity contribution >= 4 is 29.8 Å². The molecular formula is C18H13N5O. The molecule has 1 N–H and O–H groups in total. The second-order valence-corrected chi connectivity index (χ2v) is 5.27. The number of hydrogen-bond donors (Lipinski definition) is 1. The first-order valence-electron chi connectivity index (χ1n) is 7.50. The van der Waals surface area contributed by atoms with E-state index in [-0.39, 0.29) is 5.91 Å². The number of amides is 1. The van der Waals surface area contributed by atoms with Crippen molar-refractivity contribution in [1.29, 1.82) is 0 Å². The highest BCUT2D eigenvalue weighted by atomic mass is 16.1. The third-order valence-corrected chi connectivity index (χ3v) is 3.67. The summed E-state index contributed by atoms with van der Waals surface area (Å²) in [4.78, 5) is 29.7. The van der Waals surface area contributed by atoms with E-state index in [0.29, 0.717) is 23.1 Å². The van der Waals surface area contributed by atoms with Gasteiger partial charge in [0.15, 0.2) is 17.7 Å². The number of carbonyl (C=O) groups excluding carboxylic acids is 1. The summed E-state index contributed by atoms with van der Waals surface area (Å²) in [7, 11) is 0. The van der Waals surface area contributed by atoms with Crippen LogP contribution in [-0.4, -0.2) is 35.8 Å². The Morgan fingerprint density at radius 3 is 2.42 bits per heavy atom. The Hall–Kier alpha value is -3.41. The van der Waals surface area contributed by atoms with Crippen LogP contribution in [0.4, 0.5) is 0 Å². The molecular weight excluding hydrogens is 302 g/mol. The van der Waals surface area contributed by atoms with E-state index in [1.807, 2.05) is 48.5 Å². The number of hydrogen-bond acceptors (Lipinski definition) is 5. The Morgan fingerprint density at radius 1 is 0.958 bits per heavy atom. The SMILES string of the molecule is O=C(NC1=NC=NC2=NC(c3ccccc3)=NC21)c1ccccc1. The molecule has 0 spiro atoms. The molecule has 0 fully saturated rings. The fourth-order valence-electron chi connectivity index (χ4n) is 2.49. The number of amidine groups is 3. The fourth-order valence-corrected chi connectivity index (χ4v) is 2.49. The Morgan fingerprint density at radius 2 is 1.67 bits per heavy atom. The second kappa shape index (κ2) is 6.00. The minimum absolute atomic E-state index is 0.229. The molecule has 6 nitrogen and oxygen atoms in total.